The molecule has 116 valence electrons. The molecule has 0 fully saturated rings. The average Bonchev–Trinajstić information content (AvgIpc) is 3.03. The number of aryl methyl sites for hydroxylation is 1. The predicted octanol–water partition coefficient (Wildman–Crippen LogP) is 2.05. The molecule has 22 heavy (non-hydrogen) atoms. The number of thiazole rings is 1. The smallest absolute Gasteiger partial charge is 0.250 e. The van der Waals surface area contributed by atoms with Gasteiger partial charge < -0.3 is 5.32 Å². The zero-order valence-electron chi connectivity index (χ0n) is 11.8. The number of nitrogens with zero attached hydrogens (tertiary/aromatic N) is 1. The fourth-order valence-electron chi connectivity index (χ4n) is 1.62. The van der Waals surface area contributed by atoms with Crippen LogP contribution in [0.4, 0.5) is 5.13 Å². The maximum atomic E-state index is 12.0. The van der Waals surface area contributed by atoms with E-state index in [2.05, 4.69) is 20.9 Å². The van der Waals surface area contributed by atoms with Gasteiger partial charge in [0.15, 0.2) is 5.13 Å². The molecule has 0 saturated carbocycles. The van der Waals surface area contributed by atoms with E-state index in [1.54, 1.807) is 6.07 Å². The Morgan fingerprint density at radius 3 is 2.77 bits per heavy atom. The number of aromatic nitrogens is 1. The van der Waals surface area contributed by atoms with Crippen molar-refractivity contribution in [1.29, 1.82) is 0 Å². The summed E-state index contributed by atoms with van der Waals surface area (Å²) < 4.78 is 26.5. The van der Waals surface area contributed by atoms with Crippen molar-refractivity contribution in [2.24, 2.45) is 0 Å². The fraction of sp³-hybridized carbons (Fsp3) is 0.231. The van der Waals surface area contributed by atoms with Crippen LogP contribution in [0.3, 0.4) is 0 Å². The molecule has 0 bridgehead atoms. The van der Waals surface area contributed by atoms with Gasteiger partial charge in [0.2, 0.25) is 5.91 Å². The van der Waals surface area contributed by atoms with Gasteiger partial charge in [0.05, 0.1) is 17.1 Å². The summed E-state index contributed by atoms with van der Waals surface area (Å²) in [5.74, 6) is 2.03. The first-order valence-corrected chi connectivity index (χ1v) is 9.23. The van der Waals surface area contributed by atoms with Gasteiger partial charge in [-0.05, 0) is 19.1 Å². The number of rotatable bonds is 5. The number of hydrogen-bond donors (Lipinski definition) is 2. The van der Waals surface area contributed by atoms with E-state index in [9.17, 15) is 13.2 Å². The van der Waals surface area contributed by atoms with Crippen molar-refractivity contribution in [3.05, 3.63) is 17.8 Å². The van der Waals surface area contributed by atoms with E-state index in [-0.39, 0.29) is 16.7 Å². The number of carbonyl (C=O) groups excluding carboxylic acids is 1. The first-order chi connectivity index (χ1) is 10.3. The van der Waals surface area contributed by atoms with Gasteiger partial charge in [-0.3, -0.25) is 4.79 Å². The minimum absolute atomic E-state index is 0.0537. The minimum Gasteiger partial charge on any atom is -0.302 e. The highest BCUT2D eigenvalue weighted by Gasteiger charge is 2.19. The number of terminal acetylenes is 1. The van der Waals surface area contributed by atoms with E-state index in [4.69, 9.17) is 6.42 Å². The lowest BCUT2D eigenvalue weighted by atomic mass is 10.3. The lowest BCUT2D eigenvalue weighted by Crippen LogP contribution is -2.22. The van der Waals surface area contributed by atoms with Crippen molar-refractivity contribution in [3.8, 4) is 22.1 Å². The Balaban J connectivity index is 2.31. The molecule has 0 aliphatic heterocycles. The van der Waals surface area contributed by atoms with Crippen LogP contribution in [0, 0.1) is 19.3 Å². The molecule has 0 radical (unpaired) electrons. The summed E-state index contributed by atoms with van der Waals surface area (Å²) in [5, 5.41) is 3.11. The zero-order valence-corrected chi connectivity index (χ0v) is 14.3. The Labute approximate surface area is 136 Å². The summed E-state index contributed by atoms with van der Waals surface area (Å²) in [6, 6.07) is 3.24. The first-order valence-electron chi connectivity index (χ1n) is 6.12. The Bertz CT molecular complexity index is 843. The standard InChI is InChI=1S/C13H13N3O3S3/c1-4-7-14-22(18,19)11-6-5-10(20-11)12-8(2)15-13(21-12)16-9(3)17/h1,5-6,14H,7H2,2-3H3,(H,15,16,17). The van der Waals surface area contributed by atoms with Gasteiger partial charge in [0.1, 0.15) is 4.21 Å². The third-order valence-electron chi connectivity index (χ3n) is 2.51. The van der Waals surface area contributed by atoms with Crippen molar-refractivity contribution >= 4 is 43.7 Å². The van der Waals surface area contributed by atoms with Crippen molar-refractivity contribution < 1.29 is 13.2 Å². The van der Waals surface area contributed by atoms with E-state index in [1.165, 1.54) is 24.3 Å². The molecule has 9 heteroatoms. The largest absolute Gasteiger partial charge is 0.302 e. The molecular formula is C13H13N3O3S3. The van der Waals surface area contributed by atoms with Crippen LogP contribution in [0.15, 0.2) is 16.3 Å². The van der Waals surface area contributed by atoms with Crippen molar-refractivity contribution in [2.75, 3.05) is 11.9 Å². The Hall–Kier alpha value is -1.73. The number of carbonyl (C=O) groups is 1. The number of anilines is 1. The molecule has 1 amide bonds. The number of hydrogen-bond acceptors (Lipinski definition) is 6. The lowest BCUT2D eigenvalue weighted by Gasteiger charge is -1.99. The maximum Gasteiger partial charge on any atom is 0.250 e. The third kappa shape index (κ3) is 3.72. The lowest BCUT2D eigenvalue weighted by molar-refractivity contribution is -0.114. The topological polar surface area (TPSA) is 88.2 Å². The highest BCUT2D eigenvalue weighted by molar-refractivity contribution is 7.91. The van der Waals surface area contributed by atoms with E-state index < -0.39 is 10.0 Å². The van der Waals surface area contributed by atoms with Crippen LogP contribution in [0.5, 0.6) is 0 Å². The van der Waals surface area contributed by atoms with Gasteiger partial charge in [0, 0.05) is 11.8 Å². The third-order valence-corrected chi connectivity index (χ3v) is 6.74. The Kier molecular flexibility index (Phi) is 4.97. The quantitative estimate of drug-likeness (QED) is 0.804. The molecule has 2 N–H and O–H groups in total. The highest BCUT2D eigenvalue weighted by atomic mass is 32.2. The molecular weight excluding hydrogens is 342 g/mol. The number of sulfonamides is 1. The fourth-order valence-corrected chi connectivity index (χ4v) is 5.08. The van der Waals surface area contributed by atoms with Crippen molar-refractivity contribution in [2.45, 2.75) is 18.1 Å². The maximum absolute atomic E-state index is 12.0. The second-order valence-corrected chi connectivity index (χ2v) is 8.34. The van der Waals surface area contributed by atoms with Crippen LogP contribution < -0.4 is 10.0 Å². The summed E-state index contributed by atoms with van der Waals surface area (Å²) in [6.07, 6.45) is 5.06. The minimum atomic E-state index is -3.59. The molecule has 2 aromatic rings. The molecule has 0 aliphatic rings. The van der Waals surface area contributed by atoms with E-state index >= 15 is 0 Å². The average molecular weight is 355 g/mol. The van der Waals surface area contributed by atoms with Crippen molar-refractivity contribution in [3.63, 3.8) is 0 Å². The summed E-state index contributed by atoms with van der Waals surface area (Å²) in [6.45, 7) is 3.16. The molecule has 6 nitrogen and oxygen atoms in total. The van der Waals surface area contributed by atoms with Gasteiger partial charge in [0.25, 0.3) is 10.0 Å². The Morgan fingerprint density at radius 2 is 2.14 bits per heavy atom. The summed E-state index contributed by atoms with van der Waals surface area (Å²) >= 11 is 2.43. The first kappa shape index (κ1) is 16.6. The van der Waals surface area contributed by atoms with Crippen LogP contribution in [-0.2, 0) is 14.8 Å². The number of nitrogens with one attached hydrogen (secondary N) is 2. The molecule has 2 rings (SSSR count). The van der Waals surface area contributed by atoms with Gasteiger partial charge in [-0.15, -0.1) is 17.8 Å². The van der Waals surface area contributed by atoms with Crippen LogP contribution in [0.2, 0.25) is 0 Å². The number of amides is 1. The van der Waals surface area contributed by atoms with Gasteiger partial charge in [-0.1, -0.05) is 17.3 Å². The van der Waals surface area contributed by atoms with Crippen LogP contribution in [0.25, 0.3) is 9.75 Å². The summed E-state index contributed by atoms with van der Waals surface area (Å²) in [5.41, 5.74) is 0.733. The monoisotopic (exact) mass is 355 g/mol. The Morgan fingerprint density at radius 1 is 1.41 bits per heavy atom. The second kappa shape index (κ2) is 6.58. The van der Waals surface area contributed by atoms with Crippen LogP contribution >= 0.6 is 22.7 Å². The normalized spacial score (nSPS) is 11.1. The zero-order chi connectivity index (χ0) is 16.3. The molecule has 0 aromatic carbocycles. The van der Waals surface area contributed by atoms with E-state index in [0.29, 0.717) is 5.13 Å². The second-order valence-electron chi connectivity index (χ2n) is 4.26. The molecule has 0 unspecified atom stereocenters. The number of thiophene rings is 1. The SMILES string of the molecule is C#CCNS(=O)(=O)c1ccc(-c2sc(NC(C)=O)nc2C)s1. The van der Waals surface area contributed by atoms with E-state index in [0.717, 1.165) is 26.8 Å². The van der Waals surface area contributed by atoms with Gasteiger partial charge in [-0.25, -0.2) is 13.4 Å². The summed E-state index contributed by atoms with van der Waals surface area (Å²) in [7, 11) is -3.59. The van der Waals surface area contributed by atoms with E-state index in [1.807, 2.05) is 6.92 Å². The molecule has 0 spiro atoms. The molecule has 0 saturated heterocycles. The molecule has 0 aliphatic carbocycles. The van der Waals surface area contributed by atoms with Gasteiger partial charge >= 0.3 is 0 Å². The van der Waals surface area contributed by atoms with Crippen LogP contribution in [0.1, 0.15) is 12.6 Å². The molecule has 2 heterocycles. The molecule has 2 aromatic heterocycles. The predicted molar refractivity (Wildman–Crippen MR) is 88.5 cm³/mol. The molecule has 0 atom stereocenters. The van der Waals surface area contributed by atoms with Crippen molar-refractivity contribution in [1.82, 2.24) is 9.71 Å². The van der Waals surface area contributed by atoms with Gasteiger partial charge in [-0.2, -0.15) is 4.72 Å². The highest BCUT2D eigenvalue weighted by Crippen LogP contribution is 2.38. The van der Waals surface area contributed by atoms with Crippen LogP contribution in [-0.4, -0.2) is 25.9 Å². The summed E-state index contributed by atoms with van der Waals surface area (Å²) in [4.78, 5) is 16.9.